The van der Waals surface area contributed by atoms with E-state index in [9.17, 15) is 8.42 Å². The Hall–Kier alpha value is -1.42. The lowest BCUT2D eigenvalue weighted by atomic mass is 10.1. The van der Waals surface area contributed by atoms with Crippen molar-refractivity contribution in [3.63, 3.8) is 0 Å². The zero-order valence-corrected chi connectivity index (χ0v) is 11.3. The average Bonchev–Trinajstić information content (AvgIpc) is 2.89. The zero-order valence-electron chi connectivity index (χ0n) is 10.5. The molecule has 0 aromatic heterocycles. The molecule has 1 aromatic rings. The standard InChI is InChI=1S/C13H16N2O3S/c14-7-5-11-1-3-13(4-2-11)19(17,18)15-8-6-12(9-15)10-16/h1-4,12,16H,5-6,8-10H2. The Morgan fingerprint density at radius 2 is 2.05 bits per heavy atom. The Morgan fingerprint density at radius 1 is 1.37 bits per heavy atom. The van der Waals surface area contributed by atoms with Crippen LogP contribution >= 0.6 is 0 Å². The maximum absolute atomic E-state index is 12.3. The lowest BCUT2D eigenvalue weighted by Crippen LogP contribution is -2.29. The smallest absolute Gasteiger partial charge is 0.243 e. The van der Waals surface area contributed by atoms with Crippen LogP contribution in [0.2, 0.25) is 0 Å². The van der Waals surface area contributed by atoms with Crippen LogP contribution in [0.5, 0.6) is 0 Å². The highest BCUT2D eigenvalue weighted by atomic mass is 32.2. The van der Waals surface area contributed by atoms with Gasteiger partial charge in [0.05, 0.1) is 17.4 Å². The maximum atomic E-state index is 12.3. The van der Waals surface area contributed by atoms with Gasteiger partial charge in [0, 0.05) is 19.7 Å². The van der Waals surface area contributed by atoms with Gasteiger partial charge in [-0.05, 0) is 30.0 Å². The van der Waals surface area contributed by atoms with E-state index in [0.29, 0.717) is 19.5 Å². The first-order valence-electron chi connectivity index (χ1n) is 6.15. The van der Waals surface area contributed by atoms with Crippen LogP contribution in [-0.4, -0.2) is 37.5 Å². The number of benzene rings is 1. The number of nitriles is 1. The van der Waals surface area contributed by atoms with Crippen molar-refractivity contribution in [1.29, 1.82) is 5.26 Å². The van der Waals surface area contributed by atoms with Crippen molar-refractivity contribution in [1.82, 2.24) is 4.31 Å². The Morgan fingerprint density at radius 3 is 2.58 bits per heavy atom. The highest BCUT2D eigenvalue weighted by Crippen LogP contribution is 2.24. The fourth-order valence-electron chi connectivity index (χ4n) is 2.18. The molecule has 1 N–H and O–H groups in total. The third-order valence-corrected chi connectivity index (χ3v) is 5.23. The Kier molecular flexibility index (Phi) is 4.20. The Bertz CT molecular complexity index is 575. The molecule has 0 radical (unpaired) electrons. The highest BCUT2D eigenvalue weighted by Gasteiger charge is 2.31. The number of aliphatic hydroxyl groups is 1. The van der Waals surface area contributed by atoms with Gasteiger partial charge in [0.2, 0.25) is 10.0 Å². The topological polar surface area (TPSA) is 81.4 Å². The molecule has 5 nitrogen and oxygen atoms in total. The van der Waals surface area contributed by atoms with Crippen LogP contribution < -0.4 is 0 Å². The van der Waals surface area contributed by atoms with Gasteiger partial charge in [0.15, 0.2) is 0 Å². The summed E-state index contributed by atoms with van der Waals surface area (Å²) in [6, 6.07) is 8.42. The van der Waals surface area contributed by atoms with E-state index >= 15 is 0 Å². The van der Waals surface area contributed by atoms with E-state index in [0.717, 1.165) is 5.56 Å². The lowest BCUT2D eigenvalue weighted by Gasteiger charge is -2.16. The van der Waals surface area contributed by atoms with Crippen LogP contribution in [-0.2, 0) is 16.4 Å². The van der Waals surface area contributed by atoms with E-state index in [4.69, 9.17) is 10.4 Å². The third-order valence-electron chi connectivity index (χ3n) is 3.35. The van der Waals surface area contributed by atoms with Crippen molar-refractivity contribution in [3.8, 4) is 6.07 Å². The number of nitrogens with zero attached hydrogens (tertiary/aromatic N) is 2. The van der Waals surface area contributed by atoms with Crippen molar-refractivity contribution >= 4 is 10.0 Å². The van der Waals surface area contributed by atoms with Crippen LogP contribution in [0, 0.1) is 17.2 Å². The number of aliphatic hydroxyl groups excluding tert-OH is 1. The largest absolute Gasteiger partial charge is 0.396 e. The van der Waals surface area contributed by atoms with Crippen LogP contribution in [0.3, 0.4) is 0 Å². The van der Waals surface area contributed by atoms with Gasteiger partial charge in [0.1, 0.15) is 0 Å². The van der Waals surface area contributed by atoms with E-state index in [1.54, 1.807) is 12.1 Å². The van der Waals surface area contributed by atoms with Gasteiger partial charge in [-0.1, -0.05) is 12.1 Å². The van der Waals surface area contributed by atoms with Crippen LogP contribution in [0.1, 0.15) is 12.0 Å². The number of sulfonamides is 1. The van der Waals surface area contributed by atoms with E-state index in [2.05, 4.69) is 0 Å². The van der Waals surface area contributed by atoms with Gasteiger partial charge in [0.25, 0.3) is 0 Å². The molecule has 0 bridgehead atoms. The molecule has 1 saturated heterocycles. The summed E-state index contributed by atoms with van der Waals surface area (Å²) in [7, 11) is -3.47. The SMILES string of the molecule is N#CCc1ccc(S(=O)(=O)N2CCC(CO)C2)cc1. The summed E-state index contributed by atoms with van der Waals surface area (Å²) in [5.74, 6) is 0.0348. The van der Waals surface area contributed by atoms with Crippen molar-refractivity contribution in [3.05, 3.63) is 29.8 Å². The number of hydrogen-bond donors (Lipinski definition) is 1. The molecule has 2 rings (SSSR count). The molecule has 1 unspecified atom stereocenters. The molecule has 0 aliphatic carbocycles. The quantitative estimate of drug-likeness (QED) is 0.882. The lowest BCUT2D eigenvalue weighted by molar-refractivity contribution is 0.233. The molecule has 0 spiro atoms. The van der Waals surface area contributed by atoms with Gasteiger partial charge < -0.3 is 5.11 Å². The number of rotatable bonds is 4. The predicted octanol–water partition coefficient (Wildman–Crippen LogP) is 0.756. The second-order valence-corrected chi connectivity index (χ2v) is 6.62. The van der Waals surface area contributed by atoms with Crippen LogP contribution in [0.15, 0.2) is 29.2 Å². The fraction of sp³-hybridized carbons (Fsp3) is 0.462. The second-order valence-electron chi connectivity index (χ2n) is 4.68. The highest BCUT2D eigenvalue weighted by molar-refractivity contribution is 7.89. The summed E-state index contributed by atoms with van der Waals surface area (Å²) in [5.41, 5.74) is 0.802. The average molecular weight is 280 g/mol. The first-order chi connectivity index (χ1) is 9.07. The maximum Gasteiger partial charge on any atom is 0.243 e. The minimum Gasteiger partial charge on any atom is -0.396 e. The van der Waals surface area contributed by atoms with Crippen LogP contribution in [0.25, 0.3) is 0 Å². The zero-order chi connectivity index (χ0) is 13.9. The third kappa shape index (κ3) is 2.95. The molecule has 1 aliphatic heterocycles. The number of hydrogen-bond acceptors (Lipinski definition) is 4. The molecule has 1 fully saturated rings. The molecule has 1 aromatic carbocycles. The first kappa shape index (κ1) is 14.0. The summed E-state index contributed by atoms with van der Waals surface area (Å²) in [6.45, 7) is 0.847. The minimum absolute atomic E-state index is 0.0210. The summed E-state index contributed by atoms with van der Waals surface area (Å²) in [5, 5.41) is 17.6. The normalized spacial score (nSPS) is 20.3. The first-order valence-corrected chi connectivity index (χ1v) is 7.59. The molecule has 1 heterocycles. The van der Waals surface area contributed by atoms with Crippen molar-refractivity contribution in [2.24, 2.45) is 5.92 Å². The van der Waals surface area contributed by atoms with Gasteiger partial charge in [-0.15, -0.1) is 0 Å². The molecule has 1 atom stereocenters. The van der Waals surface area contributed by atoms with E-state index in [-0.39, 0.29) is 23.8 Å². The summed E-state index contributed by atoms with van der Waals surface area (Å²) in [4.78, 5) is 0.243. The Balaban J connectivity index is 2.18. The second kappa shape index (κ2) is 5.70. The van der Waals surface area contributed by atoms with Crippen molar-refractivity contribution in [2.75, 3.05) is 19.7 Å². The molecule has 1 aliphatic rings. The molecular formula is C13H16N2O3S. The van der Waals surface area contributed by atoms with E-state index < -0.39 is 10.0 Å². The van der Waals surface area contributed by atoms with Gasteiger partial charge in [-0.25, -0.2) is 8.42 Å². The molecule has 0 amide bonds. The van der Waals surface area contributed by atoms with Gasteiger partial charge in [-0.2, -0.15) is 9.57 Å². The van der Waals surface area contributed by atoms with Crippen LogP contribution in [0.4, 0.5) is 0 Å². The monoisotopic (exact) mass is 280 g/mol. The summed E-state index contributed by atoms with van der Waals surface area (Å²) in [6.07, 6.45) is 0.971. The van der Waals surface area contributed by atoms with Gasteiger partial charge in [-0.3, -0.25) is 0 Å². The van der Waals surface area contributed by atoms with E-state index in [1.807, 2.05) is 6.07 Å². The predicted molar refractivity (Wildman–Crippen MR) is 69.7 cm³/mol. The molecular weight excluding hydrogens is 264 g/mol. The minimum atomic E-state index is -3.47. The van der Waals surface area contributed by atoms with E-state index in [1.165, 1.54) is 16.4 Å². The Labute approximate surface area is 113 Å². The van der Waals surface area contributed by atoms with Gasteiger partial charge >= 0.3 is 0 Å². The summed E-state index contributed by atoms with van der Waals surface area (Å²) < 4.78 is 26.1. The van der Waals surface area contributed by atoms with Crippen molar-refractivity contribution < 1.29 is 13.5 Å². The molecule has 102 valence electrons. The molecule has 19 heavy (non-hydrogen) atoms. The molecule has 6 heteroatoms. The van der Waals surface area contributed by atoms with Crippen molar-refractivity contribution in [2.45, 2.75) is 17.7 Å². The summed E-state index contributed by atoms with van der Waals surface area (Å²) >= 11 is 0. The fourth-order valence-corrected chi connectivity index (χ4v) is 3.72. The molecule has 0 saturated carbocycles.